The van der Waals surface area contributed by atoms with E-state index in [0.717, 1.165) is 27.5 Å². The number of rotatable bonds is 5. The van der Waals surface area contributed by atoms with E-state index in [-0.39, 0.29) is 0 Å². The second kappa shape index (κ2) is 7.56. The van der Waals surface area contributed by atoms with E-state index in [1.54, 1.807) is 30.4 Å². The fourth-order valence-electron chi connectivity index (χ4n) is 3.37. The van der Waals surface area contributed by atoms with Crippen molar-refractivity contribution < 1.29 is 4.57 Å². The molecular formula is C22H20N7OP. The van der Waals surface area contributed by atoms with Gasteiger partial charge in [-0.15, -0.1) is 5.10 Å². The van der Waals surface area contributed by atoms with Gasteiger partial charge in [-0.3, -0.25) is 4.98 Å². The zero-order valence-electron chi connectivity index (χ0n) is 17.1. The van der Waals surface area contributed by atoms with Crippen molar-refractivity contribution in [1.29, 1.82) is 0 Å². The minimum Gasteiger partial charge on any atom is -0.339 e. The van der Waals surface area contributed by atoms with Crippen molar-refractivity contribution >= 4 is 46.1 Å². The van der Waals surface area contributed by atoms with Crippen LogP contribution >= 0.6 is 7.14 Å². The summed E-state index contributed by atoms with van der Waals surface area (Å²) in [6.45, 7) is 4.04. The molecule has 1 N–H and O–H groups in total. The van der Waals surface area contributed by atoms with Gasteiger partial charge in [0.15, 0.2) is 11.5 Å². The summed E-state index contributed by atoms with van der Waals surface area (Å²) >= 11 is 0. The SMILES string of the molecule is CP(C)(=O)c1ccc(Nc2cnc3nnn(Cc4ccc5ncccc5c4)c3n2)cc1. The molecule has 2 aromatic carbocycles. The van der Waals surface area contributed by atoms with Crippen molar-refractivity contribution in [3.05, 3.63) is 72.6 Å². The zero-order valence-corrected chi connectivity index (χ0v) is 18.0. The average molecular weight is 429 g/mol. The molecule has 0 aliphatic heterocycles. The molecule has 31 heavy (non-hydrogen) atoms. The molecule has 0 atom stereocenters. The Balaban J connectivity index is 1.42. The van der Waals surface area contributed by atoms with E-state index in [0.29, 0.717) is 23.7 Å². The van der Waals surface area contributed by atoms with Crippen molar-refractivity contribution in [2.45, 2.75) is 6.54 Å². The van der Waals surface area contributed by atoms with Crippen molar-refractivity contribution in [3.8, 4) is 0 Å². The number of aromatic nitrogens is 6. The number of benzene rings is 2. The van der Waals surface area contributed by atoms with E-state index in [1.165, 1.54) is 0 Å². The first-order chi connectivity index (χ1) is 15.0. The van der Waals surface area contributed by atoms with Crippen LogP contribution in [0.3, 0.4) is 0 Å². The first-order valence-electron chi connectivity index (χ1n) is 9.78. The molecule has 9 heteroatoms. The van der Waals surface area contributed by atoms with Crippen LogP contribution in [0.15, 0.2) is 67.0 Å². The molecule has 0 aliphatic rings. The lowest BCUT2D eigenvalue weighted by Gasteiger charge is -2.09. The Morgan fingerprint density at radius 1 is 1.03 bits per heavy atom. The quantitative estimate of drug-likeness (QED) is 0.424. The highest BCUT2D eigenvalue weighted by Gasteiger charge is 2.12. The Labute approximate surface area is 178 Å². The molecule has 0 radical (unpaired) electrons. The van der Waals surface area contributed by atoms with Gasteiger partial charge in [0.1, 0.15) is 7.14 Å². The van der Waals surface area contributed by atoms with Gasteiger partial charge in [0.2, 0.25) is 5.65 Å². The molecule has 0 saturated heterocycles. The summed E-state index contributed by atoms with van der Waals surface area (Å²) in [6, 6.07) is 17.6. The lowest BCUT2D eigenvalue weighted by Crippen LogP contribution is -2.05. The number of nitrogens with one attached hydrogen (secondary N) is 1. The maximum atomic E-state index is 12.2. The number of hydrogen-bond donors (Lipinski definition) is 1. The molecular weight excluding hydrogens is 409 g/mol. The molecule has 0 aliphatic carbocycles. The third-order valence-electron chi connectivity index (χ3n) is 4.99. The van der Waals surface area contributed by atoms with Crippen LogP contribution in [0.25, 0.3) is 22.2 Å². The van der Waals surface area contributed by atoms with Gasteiger partial charge in [-0.25, -0.2) is 14.6 Å². The maximum absolute atomic E-state index is 12.2. The van der Waals surface area contributed by atoms with Gasteiger partial charge in [-0.1, -0.05) is 17.3 Å². The van der Waals surface area contributed by atoms with Crippen LogP contribution in [-0.4, -0.2) is 43.3 Å². The fourth-order valence-corrected chi connectivity index (χ4v) is 4.24. The maximum Gasteiger partial charge on any atom is 0.221 e. The summed E-state index contributed by atoms with van der Waals surface area (Å²) in [7, 11) is -2.28. The highest BCUT2D eigenvalue weighted by Crippen LogP contribution is 2.34. The number of nitrogens with zero attached hydrogens (tertiary/aromatic N) is 6. The van der Waals surface area contributed by atoms with Crippen molar-refractivity contribution in [3.63, 3.8) is 0 Å². The van der Waals surface area contributed by atoms with Gasteiger partial charge in [0, 0.05) is 22.6 Å². The second-order valence-electron chi connectivity index (χ2n) is 7.70. The molecule has 0 fully saturated rings. The molecule has 8 nitrogen and oxygen atoms in total. The lowest BCUT2D eigenvalue weighted by molar-refractivity contribution is 0.588. The highest BCUT2D eigenvalue weighted by atomic mass is 31.2. The molecule has 0 saturated carbocycles. The monoisotopic (exact) mass is 429 g/mol. The third-order valence-corrected chi connectivity index (χ3v) is 6.53. The van der Waals surface area contributed by atoms with Gasteiger partial charge >= 0.3 is 0 Å². The number of hydrogen-bond acceptors (Lipinski definition) is 7. The minimum absolute atomic E-state index is 0.487. The van der Waals surface area contributed by atoms with Crippen LogP contribution in [0.5, 0.6) is 0 Å². The first kappa shape index (κ1) is 19.3. The largest absolute Gasteiger partial charge is 0.339 e. The molecule has 154 valence electrons. The Morgan fingerprint density at radius 2 is 1.87 bits per heavy atom. The lowest BCUT2D eigenvalue weighted by atomic mass is 10.1. The Hall–Kier alpha value is -3.64. The first-order valence-corrected chi connectivity index (χ1v) is 12.4. The van der Waals surface area contributed by atoms with E-state index < -0.39 is 7.14 Å². The molecule has 0 bridgehead atoms. The normalized spacial score (nSPS) is 11.8. The molecule has 5 aromatic rings. The fraction of sp³-hybridized carbons (Fsp3) is 0.136. The average Bonchev–Trinajstić information content (AvgIpc) is 3.15. The van der Waals surface area contributed by atoms with E-state index >= 15 is 0 Å². The molecule has 3 aromatic heterocycles. The van der Waals surface area contributed by atoms with Crippen LogP contribution in [0.2, 0.25) is 0 Å². The smallest absolute Gasteiger partial charge is 0.221 e. The summed E-state index contributed by atoms with van der Waals surface area (Å²) in [5.41, 5.74) is 3.95. The van der Waals surface area contributed by atoms with Crippen LogP contribution in [0.1, 0.15) is 5.56 Å². The number of anilines is 2. The summed E-state index contributed by atoms with van der Waals surface area (Å²) in [5, 5.41) is 13.5. The standard InChI is InChI=1S/C22H20N7OP/c1-31(2,30)18-8-6-17(7-9-18)25-20-13-24-21-22(26-20)29(28-27-21)14-15-5-10-19-16(12-15)4-3-11-23-19/h3-13H,14H2,1-2H3,(H,25,26). The molecule has 0 amide bonds. The van der Waals surface area contributed by atoms with Crippen molar-refractivity contribution in [2.75, 3.05) is 18.6 Å². The second-order valence-corrected chi connectivity index (χ2v) is 10.9. The molecule has 0 spiro atoms. The predicted molar refractivity (Wildman–Crippen MR) is 123 cm³/mol. The van der Waals surface area contributed by atoms with E-state index in [9.17, 15) is 4.57 Å². The summed E-state index contributed by atoms with van der Waals surface area (Å²) in [4.78, 5) is 13.4. The van der Waals surface area contributed by atoms with Crippen LogP contribution < -0.4 is 10.6 Å². The predicted octanol–water partition coefficient (Wildman–Crippen LogP) is 3.81. The van der Waals surface area contributed by atoms with E-state index in [2.05, 4.69) is 36.6 Å². The van der Waals surface area contributed by atoms with Crippen LogP contribution in [0, 0.1) is 0 Å². The van der Waals surface area contributed by atoms with Gasteiger partial charge in [0.05, 0.1) is 18.3 Å². The highest BCUT2D eigenvalue weighted by molar-refractivity contribution is 7.70. The van der Waals surface area contributed by atoms with Crippen LogP contribution in [0.4, 0.5) is 11.5 Å². The van der Waals surface area contributed by atoms with Crippen molar-refractivity contribution in [2.24, 2.45) is 0 Å². The summed E-state index contributed by atoms with van der Waals surface area (Å²) in [6.07, 6.45) is 3.41. The molecule has 0 unspecified atom stereocenters. The number of fused-ring (bicyclic) bond motifs is 2. The molecule has 3 heterocycles. The van der Waals surface area contributed by atoms with Gasteiger partial charge < -0.3 is 9.88 Å². The van der Waals surface area contributed by atoms with Gasteiger partial charge in [0.25, 0.3) is 0 Å². The van der Waals surface area contributed by atoms with Crippen LogP contribution in [-0.2, 0) is 11.1 Å². The Morgan fingerprint density at radius 3 is 2.68 bits per heavy atom. The topological polar surface area (TPSA) is 98.5 Å². The Bertz CT molecular complexity index is 1440. The Kier molecular flexibility index (Phi) is 4.71. The zero-order chi connectivity index (χ0) is 21.4. The number of pyridine rings is 1. The van der Waals surface area contributed by atoms with Gasteiger partial charge in [-0.05, 0) is 61.4 Å². The minimum atomic E-state index is -2.28. The van der Waals surface area contributed by atoms with Crippen molar-refractivity contribution in [1.82, 2.24) is 29.9 Å². The molecule has 5 rings (SSSR count). The van der Waals surface area contributed by atoms with Gasteiger partial charge in [-0.2, -0.15) is 0 Å². The summed E-state index contributed by atoms with van der Waals surface area (Å²) in [5.74, 6) is 0.586. The summed E-state index contributed by atoms with van der Waals surface area (Å²) < 4.78 is 13.9. The van der Waals surface area contributed by atoms with E-state index in [1.807, 2.05) is 48.5 Å². The van der Waals surface area contributed by atoms with E-state index in [4.69, 9.17) is 0 Å². The third kappa shape index (κ3) is 4.02.